The number of benzene rings is 1. The molecular formula is C13H10F3NOS. The highest BCUT2D eigenvalue weighted by molar-refractivity contribution is 7.09. The van der Waals surface area contributed by atoms with E-state index in [1.807, 2.05) is 0 Å². The predicted octanol–water partition coefficient (Wildman–Crippen LogP) is 3.52. The number of carbonyl (C=O) groups is 1. The number of ketones is 1. The highest BCUT2D eigenvalue weighted by Gasteiger charge is 2.29. The van der Waals surface area contributed by atoms with Gasteiger partial charge in [-0.3, -0.25) is 9.78 Å². The first-order valence-corrected chi connectivity index (χ1v) is 6.38. The van der Waals surface area contributed by atoms with Crippen LogP contribution in [0.4, 0.5) is 13.2 Å². The van der Waals surface area contributed by atoms with E-state index in [-0.39, 0.29) is 18.6 Å². The summed E-state index contributed by atoms with van der Waals surface area (Å²) in [5, 5.41) is 0. The number of halogens is 3. The Morgan fingerprint density at radius 2 is 1.84 bits per heavy atom. The van der Waals surface area contributed by atoms with Gasteiger partial charge in [0.1, 0.15) is 5.78 Å². The molecule has 0 aliphatic heterocycles. The Morgan fingerprint density at radius 1 is 1.16 bits per heavy atom. The Hall–Kier alpha value is -1.69. The second-order valence-electron chi connectivity index (χ2n) is 4.05. The monoisotopic (exact) mass is 285 g/mol. The predicted molar refractivity (Wildman–Crippen MR) is 66.0 cm³/mol. The highest BCUT2D eigenvalue weighted by Crippen LogP contribution is 2.29. The van der Waals surface area contributed by atoms with E-state index < -0.39 is 11.7 Å². The molecule has 0 unspecified atom stereocenters. The lowest BCUT2D eigenvalue weighted by Gasteiger charge is -2.07. The number of aromatic nitrogens is 1. The summed E-state index contributed by atoms with van der Waals surface area (Å²) in [6.07, 6.45) is -2.32. The lowest BCUT2D eigenvalue weighted by atomic mass is 10.0. The maximum atomic E-state index is 12.4. The van der Waals surface area contributed by atoms with E-state index >= 15 is 0 Å². The van der Waals surface area contributed by atoms with Crippen molar-refractivity contribution < 1.29 is 18.0 Å². The van der Waals surface area contributed by atoms with Gasteiger partial charge >= 0.3 is 6.18 Å². The molecule has 6 heteroatoms. The first kappa shape index (κ1) is 13.7. The minimum atomic E-state index is -4.34. The van der Waals surface area contributed by atoms with E-state index in [9.17, 15) is 18.0 Å². The number of thiazole rings is 1. The third-order valence-electron chi connectivity index (χ3n) is 2.54. The summed E-state index contributed by atoms with van der Waals surface area (Å²) in [5.41, 5.74) is 1.52. The van der Waals surface area contributed by atoms with Crippen LogP contribution in [-0.4, -0.2) is 10.8 Å². The molecule has 1 aromatic carbocycles. The molecule has 0 radical (unpaired) electrons. The van der Waals surface area contributed by atoms with Crippen LogP contribution in [0.25, 0.3) is 0 Å². The molecule has 0 aliphatic carbocycles. The Morgan fingerprint density at radius 3 is 2.37 bits per heavy atom. The molecule has 2 nitrogen and oxygen atoms in total. The fourth-order valence-corrected chi connectivity index (χ4v) is 2.25. The molecule has 0 N–H and O–H groups in total. The Bertz CT molecular complexity index is 546. The largest absolute Gasteiger partial charge is 0.416 e. The molecule has 2 rings (SSSR count). The van der Waals surface area contributed by atoms with Crippen molar-refractivity contribution in [2.24, 2.45) is 0 Å². The van der Waals surface area contributed by atoms with E-state index in [4.69, 9.17) is 0 Å². The van der Waals surface area contributed by atoms with E-state index in [2.05, 4.69) is 4.98 Å². The molecule has 0 atom stereocenters. The van der Waals surface area contributed by atoms with Crippen LogP contribution in [0.5, 0.6) is 0 Å². The third kappa shape index (κ3) is 3.89. The molecule has 0 fully saturated rings. The van der Waals surface area contributed by atoms with Crippen molar-refractivity contribution in [3.63, 3.8) is 0 Å². The fourth-order valence-electron chi connectivity index (χ4n) is 1.63. The molecule has 0 aliphatic rings. The molecule has 2 aromatic rings. The second-order valence-corrected chi connectivity index (χ2v) is 5.03. The van der Waals surface area contributed by atoms with Crippen molar-refractivity contribution in [2.75, 3.05) is 0 Å². The zero-order chi connectivity index (χ0) is 13.9. The van der Waals surface area contributed by atoms with Crippen LogP contribution in [0.15, 0.2) is 36.0 Å². The number of hydrogen-bond donors (Lipinski definition) is 0. The van der Waals surface area contributed by atoms with Gasteiger partial charge in [0.25, 0.3) is 0 Å². The van der Waals surface area contributed by atoms with Gasteiger partial charge in [0.15, 0.2) is 0 Å². The molecule has 0 amide bonds. The van der Waals surface area contributed by atoms with Gasteiger partial charge in [0.05, 0.1) is 11.1 Å². The molecule has 1 aromatic heterocycles. The van der Waals surface area contributed by atoms with Crippen molar-refractivity contribution in [1.29, 1.82) is 0 Å². The van der Waals surface area contributed by atoms with Crippen molar-refractivity contribution >= 4 is 17.1 Å². The summed E-state index contributed by atoms with van der Waals surface area (Å²) in [5.74, 6) is -0.0380. The molecule has 19 heavy (non-hydrogen) atoms. The molecule has 100 valence electrons. The summed E-state index contributed by atoms with van der Waals surface area (Å²) in [6.45, 7) is 0. The number of carbonyl (C=O) groups excluding carboxylic acids is 1. The van der Waals surface area contributed by atoms with Crippen LogP contribution in [0.1, 0.15) is 16.0 Å². The topological polar surface area (TPSA) is 30.0 Å². The van der Waals surface area contributed by atoms with Crippen molar-refractivity contribution in [1.82, 2.24) is 4.98 Å². The van der Waals surface area contributed by atoms with Gasteiger partial charge in [-0.2, -0.15) is 13.2 Å². The number of rotatable bonds is 4. The smallest absolute Gasteiger partial charge is 0.299 e. The van der Waals surface area contributed by atoms with E-state index in [1.54, 1.807) is 11.7 Å². The van der Waals surface area contributed by atoms with Crippen LogP contribution >= 0.6 is 11.3 Å². The van der Waals surface area contributed by atoms with Crippen LogP contribution in [0.3, 0.4) is 0 Å². The zero-order valence-corrected chi connectivity index (χ0v) is 10.6. The quantitative estimate of drug-likeness (QED) is 0.860. The maximum Gasteiger partial charge on any atom is 0.416 e. The third-order valence-corrected chi connectivity index (χ3v) is 3.32. The van der Waals surface area contributed by atoms with Crippen LogP contribution < -0.4 is 0 Å². The summed E-state index contributed by atoms with van der Waals surface area (Å²) < 4.78 is 37.1. The minimum Gasteiger partial charge on any atom is -0.299 e. The zero-order valence-electron chi connectivity index (χ0n) is 9.78. The first-order chi connectivity index (χ1) is 8.95. The second kappa shape index (κ2) is 5.52. The lowest BCUT2D eigenvalue weighted by Crippen LogP contribution is -2.07. The van der Waals surface area contributed by atoms with Crippen molar-refractivity contribution in [3.8, 4) is 0 Å². The minimum absolute atomic E-state index is 0.0380. The Labute approximate surface area is 111 Å². The van der Waals surface area contributed by atoms with Gasteiger partial charge in [-0.25, -0.2) is 0 Å². The molecule has 0 saturated carbocycles. The number of alkyl halides is 3. The number of hydrogen-bond acceptors (Lipinski definition) is 3. The number of Topliss-reactive ketones (excluding diaryl/α,β-unsaturated/α-hetero) is 1. The van der Waals surface area contributed by atoms with Crippen LogP contribution in [0, 0.1) is 0 Å². The first-order valence-electron chi connectivity index (χ1n) is 5.50. The van der Waals surface area contributed by atoms with Crippen molar-refractivity contribution in [3.05, 3.63) is 52.0 Å². The van der Waals surface area contributed by atoms with Gasteiger partial charge in [0, 0.05) is 23.9 Å². The van der Waals surface area contributed by atoms with Crippen molar-refractivity contribution in [2.45, 2.75) is 19.0 Å². The SMILES string of the molecule is O=C(Cc1ccc(C(F)(F)F)cc1)Cc1cncs1. The van der Waals surface area contributed by atoms with E-state index in [0.717, 1.165) is 17.0 Å². The van der Waals surface area contributed by atoms with Gasteiger partial charge in [0.2, 0.25) is 0 Å². The van der Waals surface area contributed by atoms with Gasteiger partial charge in [-0.05, 0) is 17.7 Å². The molecule has 0 spiro atoms. The molecule has 0 bridgehead atoms. The van der Waals surface area contributed by atoms with Gasteiger partial charge in [-0.15, -0.1) is 11.3 Å². The lowest BCUT2D eigenvalue weighted by molar-refractivity contribution is -0.137. The van der Waals surface area contributed by atoms with E-state index in [1.165, 1.54) is 23.5 Å². The maximum absolute atomic E-state index is 12.4. The van der Waals surface area contributed by atoms with Gasteiger partial charge in [-0.1, -0.05) is 12.1 Å². The number of nitrogens with zero attached hydrogens (tertiary/aromatic N) is 1. The summed E-state index contributed by atoms with van der Waals surface area (Å²) >= 11 is 1.39. The van der Waals surface area contributed by atoms with Gasteiger partial charge < -0.3 is 0 Å². The molecule has 0 saturated heterocycles. The normalized spacial score (nSPS) is 11.5. The standard InChI is InChI=1S/C13H10F3NOS/c14-13(15,16)10-3-1-9(2-4-10)5-11(18)6-12-7-17-8-19-12/h1-4,7-8H,5-6H2. The fraction of sp³-hybridized carbons (Fsp3) is 0.231. The van der Waals surface area contributed by atoms with Crippen LogP contribution in [0.2, 0.25) is 0 Å². The average Bonchev–Trinajstić information content (AvgIpc) is 2.81. The van der Waals surface area contributed by atoms with Crippen LogP contribution in [-0.2, 0) is 23.8 Å². The Kier molecular flexibility index (Phi) is 3.99. The molecule has 1 heterocycles. The summed E-state index contributed by atoms with van der Waals surface area (Å²) in [7, 11) is 0. The average molecular weight is 285 g/mol. The van der Waals surface area contributed by atoms with E-state index in [0.29, 0.717) is 5.56 Å². The summed E-state index contributed by atoms with van der Waals surface area (Å²) in [4.78, 5) is 16.4. The molecular weight excluding hydrogens is 275 g/mol. The Balaban J connectivity index is 1.98. The highest BCUT2D eigenvalue weighted by atomic mass is 32.1. The summed E-state index contributed by atoms with van der Waals surface area (Å²) in [6, 6.07) is 4.67.